The highest BCUT2D eigenvalue weighted by molar-refractivity contribution is 6.03. The number of allylic oxidation sites excluding steroid dienone is 2. The Bertz CT molecular complexity index is 1140. The molecule has 6 aliphatic rings. The average molecular weight is 551 g/mol. The molecule has 0 amide bonds. The number of ketones is 1. The molecule has 5 saturated carbocycles. The third kappa shape index (κ3) is 3.77. The predicted octanol–water partition coefficient (Wildman–Crippen LogP) is 6.77. The molecule has 6 rings (SSSR count). The maximum Gasteiger partial charge on any atom is 0.309 e. The van der Waals surface area contributed by atoms with Gasteiger partial charge in [0.15, 0.2) is 5.78 Å². The van der Waals surface area contributed by atoms with Crippen molar-refractivity contribution in [2.24, 2.45) is 69.5 Å². The second-order valence-corrected chi connectivity index (χ2v) is 15.8. The Balaban J connectivity index is 1.23. The van der Waals surface area contributed by atoms with E-state index in [4.69, 9.17) is 4.74 Å². The van der Waals surface area contributed by atoms with Gasteiger partial charge in [-0.1, -0.05) is 41.5 Å². The van der Waals surface area contributed by atoms with E-state index in [0.717, 1.165) is 63.1 Å². The average Bonchev–Trinajstić information content (AvgIpc) is 3.22. The lowest BCUT2D eigenvalue weighted by molar-refractivity contribution is -0.195. The molecule has 6 aliphatic carbocycles. The van der Waals surface area contributed by atoms with Crippen LogP contribution < -0.4 is 0 Å². The Kier molecular flexibility index (Phi) is 6.82. The molecule has 12 unspecified atom stereocenters. The quantitative estimate of drug-likeness (QED) is 0.279. The molecule has 0 aromatic rings. The van der Waals surface area contributed by atoms with Crippen LogP contribution in [0.25, 0.3) is 0 Å². The first-order valence-electron chi connectivity index (χ1n) is 16.3. The molecule has 12 atom stereocenters. The van der Waals surface area contributed by atoms with Crippen LogP contribution in [0.2, 0.25) is 0 Å². The van der Waals surface area contributed by atoms with Gasteiger partial charge in [0.2, 0.25) is 0 Å². The number of aldehydes is 2. The normalized spacial score (nSPS) is 49.8. The van der Waals surface area contributed by atoms with Gasteiger partial charge >= 0.3 is 5.97 Å². The van der Waals surface area contributed by atoms with Crippen molar-refractivity contribution in [3.8, 4) is 0 Å². The number of Topliss-reactive ketones (excluding diaryl/α,β-unsaturated/α-hetero) is 1. The summed E-state index contributed by atoms with van der Waals surface area (Å²) >= 11 is 0. The summed E-state index contributed by atoms with van der Waals surface area (Å²) in [6.07, 6.45) is 11.6. The van der Waals surface area contributed by atoms with Gasteiger partial charge < -0.3 is 14.3 Å². The van der Waals surface area contributed by atoms with Crippen molar-refractivity contribution in [2.75, 3.05) is 0 Å². The Labute approximate surface area is 240 Å². The van der Waals surface area contributed by atoms with Crippen LogP contribution in [0.1, 0.15) is 106 Å². The molecule has 0 radical (unpaired) electrons. The number of ether oxygens (including phenoxy) is 1. The van der Waals surface area contributed by atoms with Crippen molar-refractivity contribution < 1.29 is 23.9 Å². The van der Waals surface area contributed by atoms with Crippen LogP contribution in [0.15, 0.2) is 11.1 Å². The minimum Gasteiger partial charge on any atom is -0.462 e. The van der Waals surface area contributed by atoms with Crippen molar-refractivity contribution >= 4 is 24.3 Å². The summed E-state index contributed by atoms with van der Waals surface area (Å²) in [5.74, 6) is 2.65. The van der Waals surface area contributed by atoms with Crippen molar-refractivity contribution in [3.05, 3.63) is 11.1 Å². The molecule has 220 valence electrons. The molecule has 0 heterocycles. The van der Waals surface area contributed by atoms with E-state index in [2.05, 4.69) is 34.6 Å². The van der Waals surface area contributed by atoms with Crippen LogP contribution in [-0.2, 0) is 23.9 Å². The fourth-order valence-corrected chi connectivity index (χ4v) is 11.8. The second-order valence-electron chi connectivity index (χ2n) is 15.8. The number of carbonyl (C=O) groups is 4. The molecule has 5 heteroatoms. The number of esters is 1. The van der Waals surface area contributed by atoms with Gasteiger partial charge in [-0.05, 0) is 121 Å². The maximum atomic E-state index is 13.2. The van der Waals surface area contributed by atoms with Crippen LogP contribution >= 0.6 is 0 Å². The Morgan fingerprint density at radius 1 is 0.925 bits per heavy atom. The zero-order valence-electron chi connectivity index (χ0n) is 25.5. The molecule has 0 aromatic carbocycles. The van der Waals surface area contributed by atoms with Gasteiger partial charge in [0, 0.05) is 12.3 Å². The minimum absolute atomic E-state index is 0.00183. The zero-order valence-corrected chi connectivity index (χ0v) is 25.5. The van der Waals surface area contributed by atoms with E-state index in [1.807, 2.05) is 6.92 Å². The molecule has 0 bridgehead atoms. The molecule has 5 fully saturated rings. The van der Waals surface area contributed by atoms with E-state index in [1.165, 1.54) is 12.0 Å². The Hall–Kier alpha value is -1.78. The second kappa shape index (κ2) is 9.63. The summed E-state index contributed by atoms with van der Waals surface area (Å²) in [6.45, 7) is 13.7. The SMILES string of the molecule is CC(C)C1=C2C3CCC4C(C)(CCC5C(C)C(OC(=O)C6CC(C=O)C6C)CCC54C)C3CCC2(C=O)CC1=O. The lowest BCUT2D eigenvalue weighted by atomic mass is 9.38. The van der Waals surface area contributed by atoms with E-state index in [0.29, 0.717) is 42.4 Å². The third-order valence-electron chi connectivity index (χ3n) is 14.0. The minimum atomic E-state index is -0.539. The van der Waals surface area contributed by atoms with Gasteiger partial charge in [-0.25, -0.2) is 0 Å². The molecule has 0 aliphatic heterocycles. The van der Waals surface area contributed by atoms with Crippen molar-refractivity contribution in [2.45, 2.75) is 112 Å². The molecule has 0 N–H and O–H groups in total. The largest absolute Gasteiger partial charge is 0.462 e. The smallest absolute Gasteiger partial charge is 0.309 e. The molecular formula is C35H50O5. The molecule has 0 aromatic heterocycles. The van der Waals surface area contributed by atoms with Gasteiger partial charge in [-0.2, -0.15) is 0 Å². The van der Waals surface area contributed by atoms with Gasteiger partial charge in [0.1, 0.15) is 18.7 Å². The summed E-state index contributed by atoms with van der Waals surface area (Å²) < 4.78 is 6.20. The van der Waals surface area contributed by atoms with Crippen molar-refractivity contribution in [1.82, 2.24) is 0 Å². The number of fused-ring (bicyclic) bond motifs is 7. The van der Waals surface area contributed by atoms with Crippen molar-refractivity contribution in [3.63, 3.8) is 0 Å². The van der Waals surface area contributed by atoms with Crippen LogP contribution in [0.4, 0.5) is 0 Å². The lowest BCUT2D eigenvalue weighted by Gasteiger charge is -2.67. The number of hydrogen-bond acceptors (Lipinski definition) is 5. The first-order chi connectivity index (χ1) is 18.9. The first-order valence-corrected chi connectivity index (χ1v) is 16.3. The van der Waals surface area contributed by atoms with Crippen LogP contribution in [0.3, 0.4) is 0 Å². The lowest BCUT2D eigenvalue weighted by Crippen LogP contribution is -2.60. The number of rotatable bonds is 5. The summed E-state index contributed by atoms with van der Waals surface area (Å²) in [4.78, 5) is 50.0. The molecule has 40 heavy (non-hydrogen) atoms. The van der Waals surface area contributed by atoms with Crippen LogP contribution in [0.5, 0.6) is 0 Å². The van der Waals surface area contributed by atoms with Crippen LogP contribution in [-0.4, -0.2) is 30.4 Å². The number of carbonyl (C=O) groups excluding carboxylic acids is 4. The first kappa shape index (κ1) is 28.3. The van der Waals surface area contributed by atoms with E-state index < -0.39 is 5.41 Å². The van der Waals surface area contributed by atoms with E-state index in [1.54, 1.807) is 0 Å². The fraction of sp³-hybridized carbons (Fsp3) is 0.829. The fourth-order valence-electron chi connectivity index (χ4n) is 11.8. The predicted molar refractivity (Wildman–Crippen MR) is 153 cm³/mol. The third-order valence-corrected chi connectivity index (χ3v) is 14.0. The molecular weight excluding hydrogens is 500 g/mol. The van der Waals surface area contributed by atoms with E-state index in [-0.39, 0.29) is 52.4 Å². The summed E-state index contributed by atoms with van der Waals surface area (Å²) in [6, 6.07) is 0. The van der Waals surface area contributed by atoms with Crippen LogP contribution in [0, 0.1) is 69.5 Å². The summed E-state index contributed by atoms with van der Waals surface area (Å²) in [5, 5.41) is 0. The standard InChI is InChI=1S/C35H50O5/c1-19(2)30-27(38)16-35(18-37)14-10-26-23(31(30)35)7-8-29-33(5)13-11-28(21(4)25(33)9-12-34(26,29)6)40-32(39)24-15-22(17-36)20(24)3/h17-26,28-29H,7-16H2,1-6H3. The highest BCUT2D eigenvalue weighted by Gasteiger charge is 2.65. The maximum absolute atomic E-state index is 13.2. The molecule has 0 spiro atoms. The van der Waals surface area contributed by atoms with Gasteiger partial charge in [0.25, 0.3) is 0 Å². The number of hydrogen-bond donors (Lipinski definition) is 0. The van der Waals surface area contributed by atoms with Gasteiger partial charge in [-0.15, -0.1) is 0 Å². The molecule has 0 saturated heterocycles. The highest BCUT2D eigenvalue weighted by Crippen LogP contribution is 2.71. The topological polar surface area (TPSA) is 77.5 Å². The monoisotopic (exact) mass is 550 g/mol. The van der Waals surface area contributed by atoms with E-state index in [9.17, 15) is 19.2 Å². The summed E-state index contributed by atoms with van der Waals surface area (Å²) in [7, 11) is 0. The Morgan fingerprint density at radius 3 is 2.25 bits per heavy atom. The van der Waals surface area contributed by atoms with Gasteiger partial charge in [-0.3, -0.25) is 9.59 Å². The molecule has 5 nitrogen and oxygen atoms in total. The van der Waals surface area contributed by atoms with Crippen molar-refractivity contribution in [1.29, 1.82) is 0 Å². The zero-order chi connectivity index (χ0) is 28.8. The Morgan fingerprint density at radius 2 is 1.60 bits per heavy atom. The summed E-state index contributed by atoms with van der Waals surface area (Å²) in [5.41, 5.74) is 2.12. The van der Waals surface area contributed by atoms with Gasteiger partial charge in [0.05, 0.1) is 11.3 Å². The van der Waals surface area contributed by atoms with E-state index >= 15 is 0 Å². The highest BCUT2D eigenvalue weighted by atomic mass is 16.5.